The Labute approximate surface area is 176 Å². The van der Waals surface area contributed by atoms with Crippen molar-refractivity contribution in [2.75, 3.05) is 19.7 Å². The highest BCUT2D eigenvalue weighted by molar-refractivity contribution is 5.85. The highest BCUT2D eigenvalue weighted by atomic mass is 35.5. The second kappa shape index (κ2) is 8.88. The number of carbonyl (C=O) groups excluding carboxylic acids is 1. The normalized spacial score (nSPS) is 19.7. The van der Waals surface area contributed by atoms with Gasteiger partial charge in [0.2, 0.25) is 5.91 Å². The Hall–Kier alpha value is -2.51. The number of ether oxygens (including phenoxy) is 1. The van der Waals surface area contributed by atoms with Gasteiger partial charge in [-0.25, -0.2) is 0 Å². The molecule has 4 rings (SSSR count). The molecule has 1 amide bonds. The summed E-state index contributed by atoms with van der Waals surface area (Å²) in [5.41, 5.74) is 1.81. The van der Waals surface area contributed by atoms with E-state index in [1.165, 1.54) is 0 Å². The van der Waals surface area contributed by atoms with E-state index in [0.29, 0.717) is 13.2 Å². The number of halogens is 1. The molecule has 0 bridgehead atoms. The van der Waals surface area contributed by atoms with Crippen molar-refractivity contribution in [3.63, 3.8) is 0 Å². The van der Waals surface area contributed by atoms with Gasteiger partial charge in [0.05, 0.1) is 24.8 Å². The maximum Gasteiger partial charge on any atom is 0.225 e. The maximum absolute atomic E-state index is 13.0. The molecular formula is C21H27ClN4O3. The topological polar surface area (TPSA) is 81.3 Å². The van der Waals surface area contributed by atoms with Crippen molar-refractivity contribution in [3.8, 4) is 5.75 Å². The number of rotatable bonds is 6. The Morgan fingerprint density at radius 3 is 3.00 bits per heavy atom. The van der Waals surface area contributed by atoms with Crippen molar-refractivity contribution >= 4 is 29.3 Å². The van der Waals surface area contributed by atoms with Crippen LogP contribution >= 0.6 is 12.4 Å². The van der Waals surface area contributed by atoms with E-state index >= 15 is 0 Å². The van der Waals surface area contributed by atoms with Gasteiger partial charge in [0.25, 0.3) is 0 Å². The van der Waals surface area contributed by atoms with Crippen LogP contribution in [0.25, 0.3) is 11.0 Å². The van der Waals surface area contributed by atoms with Gasteiger partial charge in [-0.05, 0) is 31.5 Å². The van der Waals surface area contributed by atoms with Gasteiger partial charge in [-0.3, -0.25) is 9.48 Å². The van der Waals surface area contributed by atoms with Gasteiger partial charge in [0.15, 0.2) is 11.3 Å². The van der Waals surface area contributed by atoms with Gasteiger partial charge >= 0.3 is 0 Å². The minimum atomic E-state index is -0.232. The van der Waals surface area contributed by atoms with Crippen LogP contribution in [0.15, 0.2) is 41.1 Å². The van der Waals surface area contributed by atoms with Crippen LogP contribution in [0.3, 0.4) is 0 Å². The molecule has 3 aromatic rings. The molecule has 2 N–H and O–H groups in total. The number of fused-ring (bicyclic) bond motifs is 1. The van der Waals surface area contributed by atoms with Gasteiger partial charge in [0, 0.05) is 37.6 Å². The van der Waals surface area contributed by atoms with E-state index in [-0.39, 0.29) is 36.2 Å². The summed E-state index contributed by atoms with van der Waals surface area (Å²) in [5, 5.41) is 11.7. The monoisotopic (exact) mass is 418 g/mol. The van der Waals surface area contributed by atoms with Crippen molar-refractivity contribution in [2.24, 2.45) is 13.0 Å². The predicted octanol–water partition coefficient (Wildman–Crippen LogP) is 3.17. The Balaban J connectivity index is 0.00000240. The van der Waals surface area contributed by atoms with Crippen LogP contribution < -0.4 is 15.4 Å². The molecule has 1 aliphatic rings. The average Bonchev–Trinajstić information content (AvgIpc) is 3.40. The van der Waals surface area contributed by atoms with Gasteiger partial charge in [-0.2, -0.15) is 5.10 Å². The number of hydrogen-bond acceptors (Lipinski definition) is 5. The lowest BCUT2D eigenvalue weighted by atomic mass is 9.90. The molecule has 1 aromatic carbocycles. The lowest BCUT2D eigenvalue weighted by Crippen LogP contribution is -2.35. The molecule has 8 heteroatoms. The number of carbonyl (C=O) groups is 1. The number of aromatic nitrogens is 2. The largest absolute Gasteiger partial charge is 0.490 e. The standard InChI is InChI=1S/C21H26N4O3.ClH/c1-4-27-18-7-5-6-14-8-19(28-20(14)18)13(2)24-21(26)17-11-22-10-16(17)15-9-23-25(3)12-15;/h5-9,12-13,16-17,22H,4,10-11H2,1-3H3,(H,24,26);1H/t13?,16-,17+;/m1./s1. The molecule has 3 atom stereocenters. The summed E-state index contributed by atoms with van der Waals surface area (Å²) in [6, 6.07) is 7.56. The molecule has 0 aliphatic carbocycles. The van der Waals surface area contributed by atoms with Crippen molar-refractivity contribution in [1.29, 1.82) is 0 Å². The van der Waals surface area contributed by atoms with Crippen molar-refractivity contribution in [1.82, 2.24) is 20.4 Å². The van der Waals surface area contributed by atoms with E-state index < -0.39 is 0 Å². The quantitative estimate of drug-likeness (QED) is 0.642. The van der Waals surface area contributed by atoms with Crippen molar-refractivity contribution in [2.45, 2.75) is 25.8 Å². The fourth-order valence-corrected chi connectivity index (χ4v) is 3.87. The number of nitrogens with zero attached hydrogens (tertiary/aromatic N) is 2. The molecular weight excluding hydrogens is 392 g/mol. The van der Waals surface area contributed by atoms with E-state index in [9.17, 15) is 4.79 Å². The Kier molecular flexibility index (Phi) is 6.49. The highest BCUT2D eigenvalue weighted by Gasteiger charge is 2.35. The first-order valence-corrected chi connectivity index (χ1v) is 9.71. The lowest BCUT2D eigenvalue weighted by Gasteiger charge is -2.19. The summed E-state index contributed by atoms with van der Waals surface area (Å²) in [4.78, 5) is 13.0. The van der Waals surface area contributed by atoms with Gasteiger partial charge in [0.1, 0.15) is 5.76 Å². The van der Waals surface area contributed by atoms with Crippen molar-refractivity contribution < 1.29 is 13.9 Å². The molecule has 0 spiro atoms. The maximum atomic E-state index is 13.0. The van der Waals surface area contributed by atoms with Crippen LogP contribution in [0.4, 0.5) is 0 Å². The Bertz CT molecular complexity index is 983. The number of nitrogens with one attached hydrogen (secondary N) is 2. The third-order valence-electron chi connectivity index (χ3n) is 5.32. The first kappa shape index (κ1) is 21.2. The summed E-state index contributed by atoms with van der Waals surface area (Å²) in [7, 11) is 1.89. The molecule has 0 radical (unpaired) electrons. The second-order valence-electron chi connectivity index (χ2n) is 7.31. The van der Waals surface area contributed by atoms with Gasteiger partial charge < -0.3 is 19.8 Å². The molecule has 1 aliphatic heterocycles. The molecule has 7 nitrogen and oxygen atoms in total. The third kappa shape index (κ3) is 4.26. The fourth-order valence-electron chi connectivity index (χ4n) is 3.87. The third-order valence-corrected chi connectivity index (χ3v) is 5.32. The summed E-state index contributed by atoms with van der Waals surface area (Å²) < 4.78 is 13.4. The molecule has 0 saturated carbocycles. The van der Waals surface area contributed by atoms with Gasteiger partial charge in [-0.1, -0.05) is 12.1 Å². The molecule has 1 saturated heterocycles. The van der Waals surface area contributed by atoms with E-state index in [1.54, 1.807) is 4.68 Å². The van der Waals surface area contributed by atoms with Gasteiger partial charge in [-0.15, -0.1) is 12.4 Å². The van der Waals surface area contributed by atoms with Crippen molar-refractivity contribution in [3.05, 3.63) is 48.0 Å². The molecule has 156 valence electrons. The first-order valence-electron chi connectivity index (χ1n) is 9.71. The zero-order chi connectivity index (χ0) is 19.7. The minimum Gasteiger partial charge on any atom is -0.490 e. The molecule has 1 unspecified atom stereocenters. The lowest BCUT2D eigenvalue weighted by molar-refractivity contribution is -0.125. The van der Waals surface area contributed by atoms with Crippen LogP contribution in [0.1, 0.15) is 37.1 Å². The summed E-state index contributed by atoms with van der Waals surface area (Å²) in [6.07, 6.45) is 3.83. The SMILES string of the molecule is CCOc1cccc2cc(C(C)NC(=O)[C@H]3CNC[C@@H]3c3cnn(C)c3)oc12.Cl. The van der Waals surface area contributed by atoms with Crippen LogP contribution in [0, 0.1) is 5.92 Å². The zero-order valence-corrected chi connectivity index (χ0v) is 17.7. The molecule has 2 aromatic heterocycles. The van der Waals surface area contributed by atoms with Crippen LogP contribution in [0.5, 0.6) is 5.75 Å². The number of para-hydroxylation sites is 1. The number of furan rings is 1. The van der Waals surface area contributed by atoms with Crippen LogP contribution in [0.2, 0.25) is 0 Å². The Morgan fingerprint density at radius 1 is 1.45 bits per heavy atom. The van der Waals surface area contributed by atoms with E-state index in [1.807, 2.05) is 57.6 Å². The zero-order valence-electron chi connectivity index (χ0n) is 16.8. The fraction of sp³-hybridized carbons (Fsp3) is 0.429. The average molecular weight is 419 g/mol. The number of amides is 1. The van der Waals surface area contributed by atoms with E-state index in [2.05, 4.69) is 15.7 Å². The highest BCUT2D eigenvalue weighted by Crippen LogP contribution is 2.32. The molecule has 1 fully saturated rings. The smallest absolute Gasteiger partial charge is 0.225 e. The summed E-state index contributed by atoms with van der Waals surface area (Å²) in [6.45, 7) is 5.90. The number of aryl methyl sites for hydroxylation is 1. The number of hydrogen-bond donors (Lipinski definition) is 2. The second-order valence-corrected chi connectivity index (χ2v) is 7.31. The summed E-state index contributed by atoms with van der Waals surface area (Å²) in [5.74, 6) is 1.47. The molecule has 3 heterocycles. The predicted molar refractivity (Wildman–Crippen MR) is 113 cm³/mol. The Morgan fingerprint density at radius 2 is 2.28 bits per heavy atom. The van der Waals surface area contributed by atoms with E-state index in [4.69, 9.17) is 9.15 Å². The minimum absolute atomic E-state index is 0. The number of benzene rings is 1. The van der Waals surface area contributed by atoms with Crippen LogP contribution in [-0.4, -0.2) is 35.4 Å². The first-order chi connectivity index (χ1) is 13.6. The molecule has 29 heavy (non-hydrogen) atoms. The van der Waals surface area contributed by atoms with E-state index in [0.717, 1.165) is 34.6 Å². The summed E-state index contributed by atoms with van der Waals surface area (Å²) >= 11 is 0. The van der Waals surface area contributed by atoms with Crippen LogP contribution in [-0.2, 0) is 11.8 Å².